The van der Waals surface area contributed by atoms with Crippen molar-refractivity contribution in [1.29, 1.82) is 0 Å². The van der Waals surface area contributed by atoms with Gasteiger partial charge >= 0.3 is 0 Å². The molecule has 0 amide bonds. The highest BCUT2D eigenvalue weighted by atomic mass is 19.1. The van der Waals surface area contributed by atoms with Crippen molar-refractivity contribution >= 4 is 0 Å². The smallest absolute Gasteiger partial charge is 0.123 e. The summed E-state index contributed by atoms with van der Waals surface area (Å²) in [5.41, 5.74) is 1.64. The molecule has 0 N–H and O–H groups in total. The van der Waals surface area contributed by atoms with E-state index in [9.17, 15) is 4.39 Å². The summed E-state index contributed by atoms with van der Waals surface area (Å²) in [5, 5.41) is 0. The molecule has 2 rings (SSSR count). The van der Waals surface area contributed by atoms with E-state index in [1.165, 1.54) is 31.2 Å². The van der Waals surface area contributed by atoms with Crippen molar-refractivity contribution in [1.82, 2.24) is 0 Å². The molecule has 1 aliphatic carbocycles. The van der Waals surface area contributed by atoms with Crippen LogP contribution in [0.2, 0.25) is 0 Å². The van der Waals surface area contributed by atoms with Crippen LogP contribution in [0.4, 0.5) is 4.39 Å². The first-order chi connectivity index (χ1) is 7.15. The van der Waals surface area contributed by atoms with Crippen molar-refractivity contribution in [2.45, 2.75) is 44.9 Å². The Morgan fingerprint density at radius 3 is 2.07 bits per heavy atom. The van der Waals surface area contributed by atoms with E-state index < -0.39 is 0 Å². The highest BCUT2D eigenvalue weighted by Crippen LogP contribution is 2.46. The molecule has 0 aliphatic heterocycles. The Bertz CT molecular complexity index is 318. The summed E-state index contributed by atoms with van der Waals surface area (Å²) < 4.78 is 12.9. The molecule has 0 unspecified atom stereocenters. The van der Waals surface area contributed by atoms with E-state index in [-0.39, 0.29) is 5.82 Å². The van der Waals surface area contributed by atoms with Crippen LogP contribution in [0.1, 0.15) is 45.1 Å². The Kier molecular flexibility index (Phi) is 2.81. The molecule has 0 heterocycles. The minimum Gasteiger partial charge on any atom is -0.207 e. The van der Waals surface area contributed by atoms with Gasteiger partial charge in [0.2, 0.25) is 0 Å². The van der Waals surface area contributed by atoms with E-state index in [0.29, 0.717) is 11.3 Å². The fourth-order valence-corrected chi connectivity index (χ4v) is 2.99. The SMILES string of the molecule is CC(C)C1(c2ccc(F)cc2)CCCC1. The standard InChI is InChI=1S/C14H19F/c1-11(2)14(9-3-4-10-14)12-5-7-13(15)8-6-12/h5-8,11H,3-4,9-10H2,1-2H3. The molecule has 1 aromatic carbocycles. The molecule has 1 aliphatic rings. The molecule has 0 radical (unpaired) electrons. The molecular formula is C14H19F. The van der Waals surface area contributed by atoms with Crippen LogP contribution in [0.25, 0.3) is 0 Å². The molecule has 1 heteroatoms. The van der Waals surface area contributed by atoms with E-state index in [1.807, 2.05) is 12.1 Å². The molecule has 15 heavy (non-hydrogen) atoms. The first-order valence-electron chi connectivity index (χ1n) is 5.91. The molecule has 1 fully saturated rings. The van der Waals surface area contributed by atoms with E-state index >= 15 is 0 Å². The Hall–Kier alpha value is -0.850. The summed E-state index contributed by atoms with van der Waals surface area (Å²) in [5.74, 6) is 0.515. The average Bonchev–Trinajstić information content (AvgIpc) is 2.69. The van der Waals surface area contributed by atoms with Gasteiger partial charge in [-0.3, -0.25) is 0 Å². The zero-order valence-electron chi connectivity index (χ0n) is 9.59. The molecule has 1 aromatic rings. The summed E-state index contributed by atoms with van der Waals surface area (Å²) in [7, 11) is 0. The lowest BCUT2D eigenvalue weighted by Crippen LogP contribution is -2.28. The fraction of sp³-hybridized carbons (Fsp3) is 0.571. The first-order valence-corrected chi connectivity index (χ1v) is 5.91. The van der Waals surface area contributed by atoms with Crippen LogP contribution in [0.5, 0.6) is 0 Å². The molecule has 0 bridgehead atoms. The third kappa shape index (κ3) is 1.80. The minimum absolute atomic E-state index is 0.129. The second kappa shape index (κ2) is 3.96. The van der Waals surface area contributed by atoms with Gasteiger partial charge in [-0.1, -0.05) is 38.8 Å². The van der Waals surface area contributed by atoms with Gasteiger partial charge in [0.05, 0.1) is 0 Å². The van der Waals surface area contributed by atoms with Crippen LogP contribution in [-0.4, -0.2) is 0 Å². The minimum atomic E-state index is -0.129. The molecule has 82 valence electrons. The third-order valence-electron chi connectivity index (χ3n) is 4.02. The van der Waals surface area contributed by atoms with Crippen molar-refractivity contribution in [3.8, 4) is 0 Å². The Labute approximate surface area is 91.5 Å². The Morgan fingerprint density at radius 1 is 1.07 bits per heavy atom. The van der Waals surface area contributed by atoms with E-state index in [0.717, 1.165) is 0 Å². The van der Waals surface area contributed by atoms with Gasteiger partial charge in [0, 0.05) is 0 Å². The topological polar surface area (TPSA) is 0 Å². The quantitative estimate of drug-likeness (QED) is 0.677. The lowest BCUT2D eigenvalue weighted by Gasteiger charge is -2.34. The van der Waals surface area contributed by atoms with Gasteiger partial charge in [-0.25, -0.2) is 4.39 Å². The van der Waals surface area contributed by atoms with Crippen molar-refractivity contribution < 1.29 is 4.39 Å². The molecule has 0 saturated heterocycles. The van der Waals surface area contributed by atoms with Gasteiger partial charge in [-0.05, 0) is 41.9 Å². The van der Waals surface area contributed by atoms with Crippen LogP contribution in [0.15, 0.2) is 24.3 Å². The average molecular weight is 206 g/mol. The number of hydrogen-bond donors (Lipinski definition) is 0. The van der Waals surface area contributed by atoms with Crippen molar-refractivity contribution in [2.24, 2.45) is 5.92 Å². The van der Waals surface area contributed by atoms with E-state index in [2.05, 4.69) is 13.8 Å². The summed E-state index contributed by atoms with van der Waals surface area (Å²) in [4.78, 5) is 0. The van der Waals surface area contributed by atoms with Crippen molar-refractivity contribution in [3.05, 3.63) is 35.6 Å². The summed E-state index contributed by atoms with van der Waals surface area (Å²) in [6.45, 7) is 4.57. The van der Waals surface area contributed by atoms with Crippen molar-refractivity contribution in [3.63, 3.8) is 0 Å². The normalized spacial score (nSPS) is 19.7. The third-order valence-corrected chi connectivity index (χ3v) is 4.02. The number of hydrogen-bond acceptors (Lipinski definition) is 0. The highest BCUT2D eigenvalue weighted by Gasteiger charge is 2.38. The predicted molar refractivity (Wildman–Crippen MR) is 61.4 cm³/mol. The zero-order chi connectivity index (χ0) is 10.9. The van der Waals surface area contributed by atoms with Crippen LogP contribution in [0.3, 0.4) is 0 Å². The van der Waals surface area contributed by atoms with Gasteiger partial charge in [0.1, 0.15) is 5.82 Å². The first kappa shape index (κ1) is 10.7. The van der Waals surface area contributed by atoms with Gasteiger partial charge in [-0.2, -0.15) is 0 Å². The largest absolute Gasteiger partial charge is 0.207 e. The molecule has 0 aromatic heterocycles. The van der Waals surface area contributed by atoms with Gasteiger partial charge < -0.3 is 0 Å². The number of rotatable bonds is 2. The molecular weight excluding hydrogens is 187 g/mol. The fourth-order valence-electron chi connectivity index (χ4n) is 2.99. The zero-order valence-corrected chi connectivity index (χ0v) is 9.59. The number of halogens is 1. The maximum absolute atomic E-state index is 12.9. The van der Waals surface area contributed by atoms with Gasteiger partial charge in [0.15, 0.2) is 0 Å². The summed E-state index contributed by atoms with van der Waals surface area (Å²) in [6, 6.07) is 7.14. The highest BCUT2D eigenvalue weighted by molar-refractivity contribution is 5.27. The molecule has 0 nitrogen and oxygen atoms in total. The van der Waals surface area contributed by atoms with E-state index in [1.54, 1.807) is 12.1 Å². The van der Waals surface area contributed by atoms with Gasteiger partial charge in [0.25, 0.3) is 0 Å². The number of benzene rings is 1. The Morgan fingerprint density at radius 2 is 1.60 bits per heavy atom. The second-order valence-electron chi connectivity index (χ2n) is 5.02. The summed E-state index contributed by atoms with van der Waals surface area (Å²) >= 11 is 0. The molecule has 0 spiro atoms. The Balaban J connectivity index is 2.36. The lowest BCUT2D eigenvalue weighted by atomic mass is 9.70. The van der Waals surface area contributed by atoms with E-state index in [4.69, 9.17) is 0 Å². The lowest BCUT2D eigenvalue weighted by molar-refractivity contribution is 0.314. The van der Waals surface area contributed by atoms with Gasteiger partial charge in [-0.15, -0.1) is 0 Å². The van der Waals surface area contributed by atoms with Crippen LogP contribution in [0, 0.1) is 11.7 Å². The van der Waals surface area contributed by atoms with Crippen LogP contribution >= 0.6 is 0 Å². The molecule has 1 saturated carbocycles. The monoisotopic (exact) mass is 206 g/mol. The second-order valence-corrected chi connectivity index (χ2v) is 5.02. The maximum Gasteiger partial charge on any atom is 0.123 e. The van der Waals surface area contributed by atoms with Crippen LogP contribution < -0.4 is 0 Å². The predicted octanol–water partition coefficient (Wildman–Crippen LogP) is 4.29. The van der Waals surface area contributed by atoms with Crippen molar-refractivity contribution in [2.75, 3.05) is 0 Å². The summed E-state index contributed by atoms with van der Waals surface area (Å²) in [6.07, 6.45) is 5.15. The molecule has 0 atom stereocenters. The van der Waals surface area contributed by atoms with Crippen LogP contribution in [-0.2, 0) is 5.41 Å². The maximum atomic E-state index is 12.9.